The van der Waals surface area contributed by atoms with Crippen LogP contribution in [0.1, 0.15) is 20.8 Å². The van der Waals surface area contributed by atoms with E-state index in [1.807, 2.05) is 31.2 Å². The highest BCUT2D eigenvalue weighted by atomic mass is 79.9. The largest absolute Gasteiger partial charge is 0.309 e. The quantitative estimate of drug-likeness (QED) is 0.310. The Morgan fingerprint density at radius 2 is 1.20 bits per heavy atom. The number of hydrogen-bond acceptors (Lipinski definition) is 1. The predicted octanol–water partition coefficient (Wildman–Crippen LogP) is 7.11. The molecule has 2 aromatic carbocycles. The Labute approximate surface area is 175 Å². The molecule has 0 heterocycles. The van der Waals surface area contributed by atoms with Crippen molar-refractivity contribution in [1.29, 1.82) is 0 Å². The summed E-state index contributed by atoms with van der Waals surface area (Å²) in [6.45, 7) is 6.22. The number of alkyl halides is 2. The Morgan fingerprint density at radius 1 is 0.880 bits per heavy atom. The first kappa shape index (κ1) is 19.7. The number of hydrogen-bond donors (Lipinski definition) is 0. The van der Waals surface area contributed by atoms with E-state index >= 15 is 0 Å². The van der Waals surface area contributed by atoms with Crippen LogP contribution >= 0.6 is 62.2 Å². The fraction of sp³-hybridized carbons (Fsp3) is 0.263. The van der Waals surface area contributed by atoms with Crippen LogP contribution in [0, 0.1) is 5.41 Å². The predicted molar refractivity (Wildman–Crippen MR) is 117 cm³/mol. The molecule has 0 amide bonds. The molecule has 1 fully saturated rings. The van der Waals surface area contributed by atoms with Crippen LogP contribution in [-0.4, -0.2) is 3.23 Å². The lowest BCUT2D eigenvalue weighted by molar-refractivity contribution is 0.590. The van der Waals surface area contributed by atoms with E-state index < -0.39 is 7.14 Å². The van der Waals surface area contributed by atoms with Crippen molar-refractivity contribution < 1.29 is 4.57 Å². The van der Waals surface area contributed by atoms with Gasteiger partial charge in [-0.3, -0.25) is 0 Å². The van der Waals surface area contributed by atoms with Crippen molar-refractivity contribution in [2.45, 2.75) is 24.0 Å². The Balaban J connectivity index is 2.28. The molecular weight excluding hydrogens is 506 g/mol. The Bertz CT molecular complexity index is 835. The monoisotopic (exact) mass is 520 g/mol. The molecule has 0 atom stereocenters. The van der Waals surface area contributed by atoms with E-state index in [9.17, 15) is 4.57 Å². The van der Waals surface area contributed by atoms with Crippen molar-refractivity contribution in [2.24, 2.45) is 5.41 Å². The summed E-state index contributed by atoms with van der Waals surface area (Å²) in [4.78, 5) is 0. The molecule has 132 valence electrons. The van der Waals surface area contributed by atoms with Gasteiger partial charge in [-0.1, -0.05) is 68.9 Å². The van der Waals surface area contributed by atoms with Crippen LogP contribution in [0.2, 0.25) is 10.0 Å². The van der Waals surface area contributed by atoms with Crippen LogP contribution < -0.4 is 10.6 Å². The zero-order valence-electron chi connectivity index (χ0n) is 14.0. The van der Waals surface area contributed by atoms with Crippen molar-refractivity contribution >= 4 is 72.8 Å². The van der Waals surface area contributed by atoms with E-state index in [4.69, 9.17) is 23.2 Å². The molecule has 1 aliphatic carbocycles. The standard InChI is InChI=1S/C19H17Br2Cl2OP/c1-12(17-18(2,3)19(17,20)21)25(24,15-8-4-13(22)5-9-15)16-10-6-14(23)7-11-16/h4-11H,1-3H3/b17-12+. The molecule has 0 radical (unpaired) electrons. The normalized spacial score (nSPS) is 20.3. The summed E-state index contributed by atoms with van der Waals surface area (Å²) in [6.07, 6.45) is 0. The van der Waals surface area contributed by atoms with Crippen LogP contribution in [0.4, 0.5) is 0 Å². The van der Waals surface area contributed by atoms with Crippen LogP contribution in [0.5, 0.6) is 0 Å². The lowest BCUT2D eigenvalue weighted by Gasteiger charge is -2.21. The number of halogens is 4. The second-order valence-electron chi connectivity index (χ2n) is 6.72. The molecule has 0 N–H and O–H groups in total. The molecule has 0 saturated heterocycles. The maximum absolute atomic E-state index is 14.4. The summed E-state index contributed by atoms with van der Waals surface area (Å²) >= 11 is 19.5. The van der Waals surface area contributed by atoms with E-state index in [2.05, 4.69) is 45.7 Å². The van der Waals surface area contributed by atoms with Gasteiger partial charge in [-0.2, -0.15) is 0 Å². The number of benzene rings is 2. The Kier molecular flexibility index (Phi) is 5.15. The Hall–Kier alpha value is -0.0500. The molecule has 1 aliphatic rings. The maximum atomic E-state index is 14.4. The van der Waals surface area contributed by atoms with Crippen LogP contribution in [0.25, 0.3) is 0 Å². The fourth-order valence-electron chi connectivity index (χ4n) is 3.24. The lowest BCUT2D eigenvalue weighted by atomic mass is 10.2. The zero-order chi connectivity index (χ0) is 18.6. The summed E-state index contributed by atoms with van der Waals surface area (Å²) in [6, 6.07) is 14.5. The van der Waals surface area contributed by atoms with Crippen molar-refractivity contribution in [1.82, 2.24) is 0 Å². The first-order valence-electron chi connectivity index (χ1n) is 7.75. The molecule has 0 unspecified atom stereocenters. The van der Waals surface area contributed by atoms with Crippen LogP contribution in [-0.2, 0) is 4.57 Å². The summed E-state index contributed by atoms with van der Waals surface area (Å²) in [5.41, 5.74) is 0.999. The zero-order valence-corrected chi connectivity index (χ0v) is 19.6. The molecule has 0 spiro atoms. The number of allylic oxidation sites excluding steroid dienone is 2. The van der Waals surface area contributed by atoms with Gasteiger partial charge < -0.3 is 4.57 Å². The number of rotatable bonds is 3. The molecule has 6 heteroatoms. The third-order valence-corrected chi connectivity index (χ3v) is 11.4. The van der Waals surface area contributed by atoms with Gasteiger partial charge >= 0.3 is 0 Å². The van der Waals surface area contributed by atoms with Crippen molar-refractivity contribution in [3.63, 3.8) is 0 Å². The molecule has 1 saturated carbocycles. The molecule has 25 heavy (non-hydrogen) atoms. The maximum Gasteiger partial charge on any atom is 0.166 e. The smallest absolute Gasteiger partial charge is 0.166 e. The van der Waals surface area contributed by atoms with E-state index in [1.165, 1.54) is 0 Å². The average Bonchev–Trinajstić information content (AvgIpc) is 2.96. The van der Waals surface area contributed by atoms with Gasteiger partial charge in [0, 0.05) is 26.1 Å². The van der Waals surface area contributed by atoms with Gasteiger partial charge in [0.1, 0.15) is 3.23 Å². The third kappa shape index (κ3) is 3.11. The van der Waals surface area contributed by atoms with E-state index in [1.54, 1.807) is 24.3 Å². The van der Waals surface area contributed by atoms with Crippen molar-refractivity contribution in [3.8, 4) is 0 Å². The SMILES string of the molecule is C/C(=C1/C(C)(C)C1(Br)Br)P(=O)(c1ccc(Cl)cc1)c1ccc(Cl)cc1. The van der Waals surface area contributed by atoms with Gasteiger partial charge in [-0.05, 0) is 66.3 Å². The molecule has 0 aromatic heterocycles. The first-order chi connectivity index (χ1) is 11.5. The average molecular weight is 523 g/mol. The summed E-state index contributed by atoms with van der Waals surface area (Å²) < 4.78 is 14.1. The highest BCUT2D eigenvalue weighted by Gasteiger charge is 2.66. The van der Waals surface area contributed by atoms with Gasteiger partial charge in [0.25, 0.3) is 0 Å². The highest BCUT2D eigenvalue weighted by Crippen LogP contribution is 2.75. The van der Waals surface area contributed by atoms with Gasteiger partial charge in [-0.25, -0.2) is 0 Å². The highest BCUT2D eigenvalue weighted by molar-refractivity contribution is 9.25. The topological polar surface area (TPSA) is 17.1 Å². The summed E-state index contributed by atoms with van der Waals surface area (Å²) in [5, 5.41) is 3.67. The molecule has 2 aromatic rings. The van der Waals surface area contributed by atoms with Gasteiger partial charge in [0.05, 0.1) is 0 Å². The second-order valence-corrected chi connectivity index (χ2v) is 14.0. The van der Waals surface area contributed by atoms with E-state index in [-0.39, 0.29) is 8.65 Å². The molecule has 0 aliphatic heterocycles. The Morgan fingerprint density at radius 3 is 1.48 bits per heavy atom. The van der Waals surface area contributed by atoms with Crippen molar-refractivity contribution in [3.05, 3.63) is 69.5 Å². The minimum atomic E-state index is -3.01. The van der Waals surface area contributed by atoms with Gasteiger partial charge in [0.15, 0.2) is 7.14 Å². The molecular formula is C19H17Br2Cl2OP. The lowest BCUT2D eigenvalue weighted by Crippen LogP contribution is -2.17. The van der Waals surface area contributed by atoms with Crippen LogP contribution in [0.15, 0.2) is 59.4 Å². The molecule has 0 bridgehead atoms. The molecule has 1 nitrogen and oxygen atoms in total. The fourth-order valence-corrected chi connectivity index (χ4v) is 8.56. The third-order valence-electron chi connectivity index (χ3n) is 4.88. The first-order valence-corrected chi connectivity index (χ1v) is 11.8. The van der Waals surface area contributed by atoms with Crippen molar-refractivity contribution in [2.75, 3.05) is 0 Å². The summed E-state index contributed by atoms with van der Waals surface area (Å²) in [5.74, 6) is 0. The van der Waals surface area contributed by atoms with E-state index in [0.29, 0.717) is 10.0 Å². The van der Waals surface area contributed by atoms with Crippen LogP contribution in [0.3, 0.4) is 0 Å². The van der Waals surface area contributed by atoms with Gasteiger partial charge in [0.2, 0.25) is 0 Å². The van der Waals surface area contributed by atoms with E-state index in [0.717, 1.165) is 21.5 Å². The minimum absolute atomic E-state index is 0.119. The van der Waals surface area contributed by atoms with Gasteiger partial charge in [-0.15, -0.1) is 0 Å². The molecule has 3 rings (SSSR count). The second kappa shape index (κ2) is 6.53. The summed E-state index contributed by atoms with van der Waals surface area (Å²) in [7, 11) is -3.01. The minimum Gasteiger partial charge on any atom is -0.309 e.